The third-order valence-electron chi connectivity index (χ3n) is 2.42. The smallest absolute Gasteiger partial charge is 0.151 e. The first-order valence-corrected chi connectivity index (χ1v) is 5.05. The maximum atomic E-state index is 5.49. The highest BCUT2D eigenvalue weighted by atomic mass is 15.2. The van der Waals surface area contributed by atoms with Gasteiger partial charge in [-0.15, -0.1) is 0 Å². The quantitative estimate of drug-likeness (QED) is 0.832. The second-order valence-corrected chi connectivity index (χ2v) is 3.69. The molecule has 1 aromatic carbocycles. The summed E-state index contributed by atoms with van der Waals surface area (Å²) in [7, 11) is 1.95. The van der Waals surface area contributed by atoms with Crippen molar-refractivity contribution in [2.24, 2.45) is 0 Å². The van der Waals surface area contributed by atoms with Crippen molar-refractivity contribution in [3.8, 4) is 0 Å². The Labute approximate surface area is 94.8 Å². The van der Waals surface area contributed by atoms with Crippen molar-refractivity contribution in [2.75, 3.05) is 17.7 Å². The van der Waals surface area contributed by atoms with Crippen LogP contribution in [0, 0.1) is 6.92 Å². The maximum Gasteiger partial charge on any atom is 0.151 e. The maximum absolute atomic E-state index is 5.49. The zero-order valence-corrected chi connectivity index (χ0v) is 9.38. The normalized spacial score (nSPS) is 10.1. The third-order valence-corrected chi connectivity index (χ3v) is 2.42. The van der Waals surface area contributed by atoms with Crippen LogP contribution in [0.25, 0.3) is 0 Å². The number of nitrogens with zero attached hydrogens (tertiary/aromatic N) is 3. The Hall–Kier alpha value is -2.10. The van der Waals surface area contributed by atoms with Crippen molar-refractivity contribution >= 4 is 17.3 Å². The molecule has 2 rings (SSSR count). The molecular formula is C12H14N4. The third kappa shape index (κ3) is 2.11. The summed E-state index contributed by atoms with van der Waals surface area (Å²) in [6.07, 6.45) is 3.22. The van der Waals surface area contributed by atoms with Crippen molar-refractivity contribution in [3.05, 3.63) is 42.2 Å². The number of anilines is 3. The monoisotopic (exact) mass is 214 g/mol. The van der Waals surface area contributed by atoms with Crippen LogP contribution < -0.4 is 10.6 Å². The second kappa shape index (κ2) is 4.18. The Kier molecular flexibility index (Phi) is 2.72. The topological polar surface area (TPSA) is 55.0 Å². The van der Waals surface area contributed by atoms with Gasteiger partial charge in [-0.3, -0.25) is 0 Å². The highest BCUT2D eigenvalue weighted by molar-refractivity contribution is 5.58. The van der Waals surface area contributed by atoms with Crippen LogP contribution >= 0.6 is 0 Å². The van der Waals surface area contributed by atoms with Crippen LogP contribution in [0.1, 0.15) is 5.56 Å². The van der Waals surface area contributed by atoms with Crippen LogP contribution in [0.15, 0.2) is 36.7 Å². The minimum atomic E-state index is 0.432. The lowest BCUT2D eigenvalue weighted by molar-refractivity contribution is 1.09. The lowest BCUT2D eigenvalue weighted by Crippen LogP contribution is -2.11. The van der Waals surface area contributed by atoms with Gasteiger partial charge in [0.05, 0.1) is 12.4 Å². The van der Waals surface area contributed by atoms with Gasteiger partial charge in [0.2, 0.25) is 0 Å². The average molecular weight is 214 g/mol. The Morgan fingerprint density at radius 3 is 2.31 bits per heavy atom. The number of aryl methyl sites for hydroxylation is 1. The van der Waals surface area contributed by atoms with Crippen LogP contribution in [0.5, 0.6) is 0 Å². The van der Waals surface area contributed by atoms with Gasteiger partial charge in [-0.2, -0.15) is 0 Å². The van der Waals surface area contributed by atoms with Crippen molar-refractivity contribution in [1.82, 2.24) is 9.97 Å². The van der Waals surface area contributed by atoms with E-state index in [9.17, 15) is 0 Å². The van der Waals surface area contributed by atoms with Gasteiger partial charge in [-0.25, -0.2) is 9.97 Å². The second-order valence-electron chi connectivity index (χ2n) is 3.69. The van der Waals surface area contributed by atoms with Crippen LogP contribution in [0.4, 0.5) is 17.3 Å². The molecule has 2 N–H and O–H groups in total. The Morgan fingerprint density at radius 2 is 1.75 bits per heavy atom. The van der Waals surface area contributed by atoms with E-state index in [1.54, 1.807) is 12.4 Å². The Bertz CT molecular complexity index is 416. The van der Waals surface area contributed by atoms with E-state index >= 15 is 0 Å². The molecule has 16 heavy (non-hydrogen) atoms. The Balaban J connectivity index is 2.28. The van der Waals surface area contributed by atoms with E-state index in [-0.39, 0.29) is 0 Å². The molecule has 0 saturated heterocycles. The number of hydrogen-bond acceptors (Lipinski definition) is 4. The summed E-state index contributed by atoms with van der Waals surface area (Å²) >= 11 is 0. The molecule has 1 heterocycles. The van der Waals surface area contributed by atoms with Crippen LogP contribution in [0.2, 0.25) is 0 Å². The standard InChI is InChI=1S/C12H14N4/c1-9-3-5-10(6-4-9)16(2)12-8-14-11(13)7-15-12/h3-8H,1-2H3,(H2,13,14). The predicted octanol–water partition coefficient (Wildman–Crippen LogP) is 2.14. The molecule has 82 valence electrons. The molecule has 2 aromatic rings. The minimum Gasteiger partial charge on any atom is -0.382 e. The van der Waals surface area contributed by atoms with Crippen LogP contribution in [-0.2, 0) is 0 Å². The van der Waals surface area contributed by atoms with E-state index in [0.29, 0.717) is 5.82 Å². The number of nitrogen functional groups attached to an aromatic ring is 1. The van der Waals surface area contributed by atoms with Gasteiger partial charge in [0.25, 0.3) is 0 Å². The largest absolute Gasteiger partial charge is 0.382 e. The van der Waals surface area contributed by atoms with Crippen molar-refractivity contribution in [1.29, 1.82) is 0 Å². The lowest BCUT2D eigenvalue weighted by Gasteiger charge is -2.17. The first-order chi connectivity index (χ1) is 7.66. The van der Waals surface area contributed by atoms with E-state index in [0.717, 1.165) is 11.5 Å². The SMILES string of the molecule is Cc1ccc(N(C)c2cnc(N)cn2)cc1. The van der Waals surface area contributed by atoms with E-state index in [4.69, 9.17) is 5.73 Å². The van der Waals surface area contributed by atoms with Gasteiger partial charge in [0.15, 0.2) is 5.82 Å². The summed E-state index contributed by atoms with van der Waals surface area (Å²) in [5.41, 5.74) is 7.80. The van der Waals surface area contributed by atoms with Crippen molar-refractivity contribution in [2.45, 2.75) is 6.92 Å². The molecule has 4 heteroatoms. The van der Waals surface area contributed by atoms with Gasteiger partial charge in [-0.1, -0.05) is 17.7 Å². The number of nitrogens with two attached hydrogens (primary N) is 1. The van der Waals surface area contributed by atoms with E-state index in [1.165, 1.54) is 5.56 Å². The van der Waals surface area contributed by atoms with E-state index < -0.39 is 0 Å². The molecule has 0 spiro atoms. The summed E-state index contributed by atoms with van der Waals surface area (Å²) in [6.45, 7) is 2.06. The molecule has 0 saturated carbocycles. The zero-order chi connectivity index (χ0) is 11.5. The first-order valence-electron chi connectivity index (χ1n) is 5.05. The zero-order valence-electron chi connectivity index (χ0n) is 9.38. The molecule has 1 aromatic heterocycles. The highest BCUT2D eigenvalue weighted by Gasteiger charge is 2.04. The summed E-state index contributed by atoms with van der Waals surface area (Å²) < 4.78 is 0. The molecule has 0 aliphatic carbocycles. The predicted molar refractivity (Wildman–Crippen MR) is 65.7 cm³/mol. The number of aromatic nitrogens is 2. The molecule has 0 fully saturated rings. The van der Waals surface area contributed by atoms with Gasteiger partial charge in [0, 0.05) is 12.7 Å². The number of hydrogen-bond donors (Lipinski definition) is 1. The molecule has 4 nitrogen and oxygen atoms in total. The molecule has 0 aliphatic rings. The van der Waals surface area contributed by atoms with Crippen molar-refractivity contribution < 1.29 is 0 Å². The minimum absolute atomic E-state index is 0.432. The van der Waals surface area contributed by atoms with Gasteiger partial charge in [-0.05, 0) is 19.1 Å². The molecular weight excluding hydrogens is 200 g/mol. The lowest BCUT2D eigenvalue weighted by atomic mass is 10.2. The summed E-state index contributed by atoms with van der Waals surface area (Å²) in [5, 5.41) is 0. The van der Waals surface area contributed by atoms with E-state index in [2.05, 4.69) is 29.0 Å². The molecule has 0 amide bonds. The fourth-order valence-corrected chi connectivity index (χ4v) is 1.41. The molecule has 0 aliphatic heterocycles. The van der Waals surface area contributed by atoms with Gasteiger partial charge in [0.1, 0.15) is 5.82 Å². The molecule has 0 atom stereocenters. The number of benzene rings is 1. The number of rotatable bonds is 2. The summed E-state index contributed by atoms with van der Waals surface area (Å²) in [6, 6.07) is 8.23. The summed E-state index contributed by atoms with van der Waals surface area (Å²) in [4.78, 5) is 10.2. The van der Waals surface area contributed by atoms with Gasteiger partial charge < -0.3 is 10.6 Å². The molecule has 0 unspecified atom stereocenters. The fourth-order valence-electron chi connectivity index (χ4n) is 1.41. The Morgan fingerprint density at radius 1 is 1.06 bits per heavy atom. The average Bonchev–Trinajstić information content (AvgIpc) is 2.30. The fraction of sp³-hybridized carbons (Fsp3) is 0.167. The van der Waals surface area contributed by atoms with Crippen LogP contribution in [0.3, 0.4) is 0 Å². The van der Waals surface area contributed by atoms with E-state index in [1.807, 2.05) is 24.1 Å². The molecule has 0 bridgehead atoms. The molecule has 0 radical (unpaired) electrons. The summed E-state index contributed by atoms with van der Waals surface area (Å²) in [5.74, 6) is 1.21. The van der Waals surface area contributed by atoms with Gasteiger partial charge >= 0.3 is 0 Å². The van der Waals surface area contributed by atoms with Crippen molar-refractivity contribution in [3.63, 3.8) is 0 Å². The van der Waals surface area contributed by atoms with Crippen LogP contribution in [-0.4, -0.2) is 17.0 Å². The first kappa shape index (κ1) is 10.4. The highest BCUT2D eigenvalue weighted by Crippen LogP contribution is 2.21.